The van der Waals surface area contributed by atoms with Crippen molar-refractivity contribution in [2.24, 2.45) is 0 Å². The van der Waals surface area contributed by atoms with Gasteiger partial charge in [0.05, 0.1) is 17.2 Å². The molecule has 6 nitrogen and oxygen atoms in total. The molecule has 3 aromatic rings. The monoisotopic (exact) mass is 304 g/mol. The van der Waals surface area contributed by atoms with Gasteiger partial charge in [-0.1, -0.05) is 12.1 Å². The SMILES string of the molecule is N#CCOc1ccc(NC(=O)c2cnc3ccccc3n2)cc1. The molecule has 0 saturated carbocycles. The molecule has 2 aromatic carbocycles. The summed E-state index contributed by atoms with van der Waals surface area (Å²) >= 11 is 0. The van der Waals surface area contributed by atoms with Crippen LogP contribution in [0.15, 0.2) is 54.7 Å². The van der Waals surface area contributed by atoms with Crippen molar-refractivity contribution in [2.75, 3.05) is 11.9 Å². The van der Waals surface area contributed by atoms with Gasteiger partial charge in [-0.15, -0.1) is 0 Å². The van der Waals surface area contributed by atoms with Crippen molar-refractivity contribution in [3.63, 3.8) is 0 Å². The average Bonchev–Trinajstić information content (AvgIpc) is 2.60. The second kappa shape index (κ2) is 6.54. The van der Waals surface area contributed by atoms with Crippen LogP contribution in [0.4, 0.5) is 5.69 Å². The van der Waals surface area contributed by atoms with Crippen LogP contribution in [0.25, 0.3) is 11.0 Å². The van der Waals surface area contributed by atoms with Crippen LogP contribution in [-0.2, 0) is 0 Å². The molecule has 0 spiro atoms. The molecule has 0 aliphatic carbocycles. The Morgan fingerprint density at radius 3 is 2.61 bits per heavy atom. The molecular formula is C17H12N4O2. The van der Waals surface area contributed by atoms with Crippen molar-refractivity contribution in [1.82, 2.24) is 9.97 Å². The first kappa shape index (κ1) is 14.5. The predicted octanol–water partition coefficient (Wildman–Crippen LogP) is 2.78. The minimum Gasteiger partial charge on any atom is -0.479 e. The minimum atomic E-state index is -0.339. The Morgan fingerprint density at radius 1 is 1.13 bits per heavy atom. The zero-order valence-electron chi connectivity index (χ0n) is 12.1. The number of nitrogens with zero attached hydrogens (tertiary/aromatic N) is 3. The molecule has 0 aliphatic heterocycles. The van der Waals surface area contributed by atoms with Crippen LogP contribution in [0.2, 0.25) is 0 Å². The summed E-state index contributed by atoms with van der Waals surface area (Å²) < 4.78 is 5.15. The van der Waals surface area contributed by atoms with Crippen LogP contribution in [0, 0.1) is 11.3 Å². The van der Waals surface area contributed by atoms with Gasteiger partial charge in [-0.25, -0.2) is 4.98 Å². The Bertz CT molecular complexity index is 885. The molecule has 3 rings (SSSR count). The van der Waals surface area contributed by atoms with E-state index in [4.69, 9.17) is 10.00 Å². The summed E-state index contributed by atoms with van der Waals surface area (Å²) in [6.07, 6.45) is 1.45. The van der Waals surface area contributed by atoms with Gasteiger partial charge in [-0.2, -0.15) is 5.26 Å². The van der Waals surface area contributed by atoms with Crippen molar-refractivity contribution < 1.29 is 9.53 Å². The number of carbonyl (C=O) groups is 1. The third kappa shape index (κ3) is 3.41. The van der Waals surface area contributed by atoms with Crippen molar-refractivity contribution in [3.05, 3.63) is 60.4 Å². The van der Waals surface area contributed by atoms with E-state index in [0.29, 0.717) is 17.0 Å². The lowest BCUT2D eigenvalue weighted by Gasteiger charge is -2.06. The largest absolute Gasteiger partial charge is 0.479 e. The highest BCUT2D eigenvalue weighted by Gasteiger charge is 2.09. The third-order valence-corrected chi connectivity index (χ3v) is 3.10. The lowest BCUT2D eigenvalue weighted by atomic mass is 10.2. The highest BCUT2D eigenvalue weighted by atomic mass is 16.5. The maximum absolute atomic E-state index is 12.2. The van der Waals surface area contributed by atoms with Gasteiger partial charge in [-0.05, 0) is 36.4 Å². The van der Waals surface area contributed by atoms with Gasteiger partial charge in [0.25, 0.3) is 5.91 Å². The lowest BCUT2D eigenvalue weighted by Crippen LogP contribution is -2.14. The molecule has 0 radical (unpaired) electrons. The van der Waals surface area contributed by atoms with Gasteiger partial charge in [-0.3, -0.25) is 9.78 Å². The molecule has 0 atom stereocenters. The summed E-state index contributed by atoms with van der Waals surface area (Å²) in [6, 6.07) is 16.0. The first-order valence-corrected chi connectivity index (χ1v) is 6.89. The number of nitrogens with one attached hydrogen (secondary N) is 1. The maximum atomic E-state index is 12.2. The number of hydrogen-bond donors (Lipinski definition) is 1. The van der Waals surface area contributed by atoms with E-state index < -0.39 is 0 Å². The fourth-order valence-electron chi connectivity index (χ4n) is 2.01. The van der Waals surface area contributed by atoms with E-state index in [1.54, 1.807) is 30.3 Å². The molecule has 0 aliphatic rings. The second-order valence-electron chi connectivity index (χ2n) is 4.67. The van der Waals surface area contributed by atoms with Crippen molar-refractivity contribution in [2.45, 2.75) is 0 Å². The highest BCUT2D eigenvalue weighted by molar-refractivity contribution is 6.03. The van der Waals surface area contributed by atoms with Crippen LogP contribution in [0.5, 0.6) is 5.75 Å². The first-order valence-electron chi connectivity index (χ1n) is 6.89. The number of hydrogen-bond acceptors (Lipinski definition) is 5. The number of nitriles is 1. The van der Waals surface area contributed by atoms with E-state index in [2.05, 4.69) is 15.3 Å². The molecule has 0 unspecified atom stereocenters. The molecule has 0 fully saturated rings. The summed E-state index contributed by atoms with van der Waals surface area (Å²) in [6.45, 7) is -0.0155. The van der Waals surface area contributed by atoms with E-state index in [9.17, 15) is 4.79 Å². The number of benzene rings is 2. The summed E-state index contributed by atoms with van der Waals surface area (Å²) in [5, 5.41) is 11.2. The number of fused-ring (bicyclic) bond motifs is 1. The zero-order chi connectivity index (χ0) is 16.1. The molecule has 1 aromatic heterocycles. The fourth-order valence-corrected chi connectivity index (χ4v) is 2.01. The Labute approximate surface area is 132 Å². The van der Waals surface area contributed by atoms with Crippen LogP contribution in [0.3, 0.4) is 0 Å². The van der Waals surface area contributed by atoms with E-state index in [1.165, 1.54) is 6.20 Å². The molecule has 1 N–H and O–H groups in total. The van der Waals surface area contributed by atoms with Crippen molar-refractivity contribution >= 4 is 22.6 Å². The number of rotatable bonds is 4. The second-order valence-corrected chi connectivity index (χ2v) is 4.67. The Morgan fingerprint density at radius 2 is 1.87 bits per heavy atom. The Balaban J connectivity index is 1.73. The van der Waals surface area contributed by atoms with Gasteiger partial charge in [0.15, 0.2) is 6.61 Å². The Kier molecular flexibility index (Phi) is 4.11. The highest BCUT2D eigenvalue weighted by Crippen LogP contribution is 2.16. The summed E-state index contributed by atoms with van der Waals surface area (Å²) in [4.78, 5) is 20.7. The summed E-state index contributed by atoms with van der Waals surface area (Å²) in [5.41, 5.74) is 2.26. The predicted molar refractivity (Wildman–Crippen MR) is 85.0 cm³/mol. The van der Waals surface area contributed by atoms with Crippen LogP contribution in [-0.4, -0.2) is 22.5 Å². The number of ether oxygens (including phenoxy) is 1. The molecule has 6 heteroatoms. The fraction of sp³-hybridized carbons (Fsp3) is 0.0588. The number of para-hydroxylation sites is 2. The number of carbonyl (C=O) groups excluding carboxylic acids is 1. The third-order valence-electron chi connectivity index (χ3n) is 3.10. The van der Waals surface area contributed by atoms with E-state index in [-0.39, 0.29) is 18.2 Å². The molecule has 0 bridgehead atoms. The minimum absolute atomic E-state index is 0.0155. The van der Waals surface area contributed by atoms with Gasteiger partial charge in [0.2, 0.25) is 0 Å². The first-order chi connectivity index (χ1) is 11.3. The van der Waals surface area contributed by atoms with Crippen LogP contribution >= 0.6 is 0 Å². The number of anilines is 1. The molecule has 23 heavy (non-hydrogen) atoms. The molecule has 112 valence electrons. The van der Waals surface area contributed by atoms with E-state index in [1.807, 2.05) is 24.3 Å². The van der Waals surface area contributed by atoms with Gasteiger partial charge in [0.1, 0.15) is 17.5 Å². The summed E-state index contributed by atoms with van der Waals surface area (Å²) in [5.74, 6) is 0.226. The van der Waals surface area contributed by atoms with Crippen LogP contribution < -0.4 is 10.1 Å². The molecule has 1 amide bonds. The molecular weight excluding hydrogens is 292 g/mol. The number of amides is 1. The molecule has 1 heterocycles. The topological polar surface area (TPSA) is 87.9 Å². The zero-order valence-corrected chi connectivity index (χ0v) is 12.1. The standard InChI is InChI=1S/C17H12N4O2/c18-9-10-23-13-7-5-12(6-8-13)20-17(22)16-11-19-14-3-1-2-4-15(14)21-16/h1-8,11H,10H2,(H,20,22). The normalized spacial score (nSPS) is 10.0. The van der Waals surface area contributed by atoms with E-state index in [0.717, 1.165) is 5.52 Å². The number of aromatic nitrogens is 2. The maximum Gasteiger partial charge on any atom is 0.275 e. The smallest absolute Gasteiger partial charge is 0.275 e. The Hall–Kier alpha value is -3.46. The van der Waals surface area contributed by atoms with Gasteiger partial charge >= 0.3 is 0 Å². The van der Waals surface area contributed by atoms with Crippen LogP contribution in [0.1, 0.15) is 10.5 Å². The van der Waals surface area contributed by atoms with Crippen molar-refractivity contribution in [3.8, 4) is 11.8 Å². The van der Waals surface area contributed by atoms with E-state index >= 15 is 0 Å². The van der Waals surface area contributed by atoms with Crippen molar-refractivity contribution in [1.29, 1.82) is 5.26 Å². The van der Waals surface area contributed by atoms with Gasteiger partial charge < -0.3 is 10.1 Å². The average molecular weight is 304 g/mol. The summed E-state index contributed by atoms with van der Waals surface area (Å²) in [7, 11) is 0. The van der Waals surface area contributed by atoms with Gasteiger partial charge in [0, 0.05) is 5.69 Å². The molecule has 0 saturated heterocycles. The quantitative estimate of drug-likeness (QED) is 0.800. The lowest BCUT2D eigenvalue weighted by molar-refractivity contribution is 0.102.